The van der Waals surface area contributed by atoms with Gasteiger partial charge >= 0.3 is 6.01 Å². The third-order valence-corrected chi connectivity index (χ3v) is 6.45. The standard InChI is InChI=1S/C23H26N4O4/c1-2-8-17-20(15-13-19(28)26(21(15)29)14-9-4-3-5-10-14)22(30)27(25-17)23-24-16-11-6-7-12-18(16)31-23/h6-7,11-12,14-15,25H,2-5,8-10,13H2,1H3. The van der Waals surface area contributed by atoms with E-state index in [1.807, 2.05) is 25.1 Å². The van der Waals surface area contributed by atoms with Crippen molar-refractivity contribution in [2.24, 2.45) is 0 Å². The van der Waals surface area contributed by atoms with Crippen LogP contribution in [0, 0.1) is 0 Å². The Morgan fingerprint density at radius 2 is 1.90 bits per heavy atom. The van der Waals surface area contributed by atoms with Crippen LogP contribution in [0.15, 0.2) is 33.5 Å². The maximum atomic E-state index is 13.4. The summed E-state index contributed by atoms with van der Waals surface area (Å²) >= 11 is 0. The van der Waals surface area contributed by atoms with E-state index in [9.17, 15) is 14.4 Å². The number of hydrogen-bond donors (Lipinski definition) is 1. The van der Waals surface area contributed by atoms with Gasteiger partial charge in [-0.15, -0.1) is 0 Å². The van der Waals surface area contributed by atoms with Crippen LogP contribution in [-0.2, 0) is 16.0 Å². The van der Waals surface area contributed by atoms with Crippen LogP contribution in [0.25, 0.3) is 17.1 Å². The number of nitrogens with one attached hydrogen (secondary N) is 1. The fourth-order valence-corrected chi connectivity index (χ4v) is 4.99. The Labute approximate surface area is 179 Å². The van der Waals surface area contributed by atoms with Crippen LogP contribution in [0.5, 0.6) is 0 Å². The summed E-state index contributed by atoms with van der Waals surface area (Å²) in [6.45, 7) is 2.01. The van der Waals surface area contributed by atoms with Gasteiger partial charge in [-0.05, 0) is 31.4 Å². The first kappa shape index (κ1) is 19.8. The zero-order chi connectivity index (χ0) is 21.5. The molecule has 0 bridgehead atoms. The van der Waals surface area contributed by atoms with Crippen LogP contribution in [0.1, 0.15) is 69.0 Å². The van der Waals surface area contributed by atoms with Crippen molar-refractivity contribution < 1.29 is 14.0 Å². The summed E-state index contributed by atoms with van der Waals surface area (Å²) in [5.74, 6) is -1.15. The Kier molecular flexibility index (Phi) is 5.00. The van der Waals surface area contributed by atoms with Gasteiger partial charge in [0.15, 0.2) is 5.58 Å². The molecular weight excluding hydrogens is 396 g/mol. The van der Waals surface area contributed by atoms with Crippen molar-refractivity contribution in [3.8, 4) is 6.01 Å². The van der Waals surface area contributed by atoms with E-state index in [-0.39, 0.29) is 35.9 Å². The lowest BCUT2D eigenvalue weighted by Crippen LogP contribution is -2.41. The second-order valence-corrected chi connectivity index (χ2v) is 8.51. The summed E-state index contributed by atoms with van der Waals surface area (Å²) in [4.78, 5) is 45.4. The minimum Gasteiger partial charge on any atom is -0.422 e. The number of carbonyl (C=O) groups is 2. The molecule has 0 spiro atoms. The molecule has 2 aromatic heterocycles. The summed E-state index contributed by atoms with van der Waals surface area (Å²) < 4.78 is 7.03. The van der Waals surface area contributed by atoms with Crippen molar-refractivity contribution >= 4 is 22.9 Å². The molecule has 1 unspecified atom stereocenters. The van der Waals surface area contributed by atoms with E-state index in [1.54, 1.807) is 6.07 Å². The molecular formula is C23H26N4O4. The van der Waals surface area contributed by atoms with Crippen molar-refractivity contribution in [3.63, 3.8) is 0 Å². The Hall–Kier alpha value is -3.16. The van der Waals surface area contributed by atoms with E-state index in [4.69, 9.17) is 4.42 Å². The van der Waals surface area contributed by atoms with Crippen LogP contribution in [-0.4, -0.2) is 37.5 Å². The number of rotatable bonds is 5. The molecule has 8 heteroatoms. The number of benzene rings is 1. The number of aromatic nitrogens is 3. The first-order valence-corrected chi connectivity index (χ1v) is 11.1. The van der Waals surface area contributed by atoms with Crippen molar-refractivity contribution in [2.45, 2.75) is 70.3 Å². The van der Waals surface area contributed by atoms with Gasteiger partial charge in [-0.25, -0.2) is 0 Å². The molecule has 2 fully saturated rings. The molecule has 1 aromatic carbocycles. The van der Waals surface area contributed by atoms with Gasteiger partial charge in [-0.1, -0.05) is 44.7 Å². The summed E-state index contributed by atoms with van der Waals surface area (Å²) in [5, 5.41) is 3.10. The smallest absolute Gasteiger partial charge is 0.325 e. The molecule has 3 aromatic rings. The van der Waals surface area contributed by atoms with Crippen LogP contribution < -0.4 is 5.56 Å². The van der Waals surface area contributed by atoms with Gasteiger partial charge in [0, 0.05) is 18.2 Å². The maximum Gasteiger partial charge on any atom is 0.325 e. The quantitative estimate of drug-likeness (QED) is 0.635. The third-order valence-electron chi connectivity index (χ3n) is 6.45. The Morgan fingerprint density at radius 3 is 2.65 bits per heavy atom. The molecule has 0 radical (unpaired) electrons. The van der Waals surface area contributed by atoms with Crippen molar-refractivity contribution in [1.82, 2.24) is 19.7 Å². The fourth-order valence-electron chi connectivity index (χ4n) is 4.99. The number of likely N-dealkylation sites (tertiary alicyclic amines) is 1. The molecule has 1 N–H and O–H groups in total. The number of oxazole rings is 1. The number of fused-ring (bicyclic) bond motifs is 1. The number of aryl methyl sites for hydroxylation is 1. The zero-order valence-electron chi connectivity index (χ0n) is 17.6. The number of imide groups is 1. The lowest BCUT2D eigenvalue weighted by molar-refractivity contribution is -0.142. The van der Waals surface area contributed by atoms with Crippen molar-refractivity contribution in [2.75, 3.05) is 0 Å². The highest BCUT2D eigenvalue weighted by atomic mass is 16.4. The molecule has 5 rings (SSSR count). The molecule has 162 valence electrons. The minimum absolute atomic E-state index is 0.0356. The molecule has 2 amide bonds. The van der Waals surface area contributed by atoms with E-state index < -0.39 is 5.92 Å². The number of H-pyrrole nitrogens is 1. The SMILES string of the molecule is CCCc1[nH]n(-c2nc3ccccc3o2)c(=O)c1C1CC(=O)N(C2CCCCC2)C1=O. The van der Waals surface area contributed by atoms with Gasteiger partial charge in [0.25, 0.3) is 5.56 Å². The summed E-state index contributed by atoms with van der Waals surface area (Å²) in [6, 6.07) is 7.39. The minimum atomic E-state index is -0.745. The van der Waals surface area contributed by atoms with E-state index in [0.717, 1.165) is 38.5 Å². The molecule has 31 heavy (non-hydrogen) atoms. The van der Waals surface area contributed by atoms with Crippen molar-refractivity contribution in [1.29, 1.82) is 0 Å². The lowest BCUT2D eigenvalue weighted by atomic mass is 9.93. The highest BCUT2D eigenvalue weighted by Crippen LogP contribution is 2.35. The summed E-state index contributed by atoms with van der Waals surface area (Å²) in [5.41, 5.74) is 1.90. The number of carbonyl (C=O) groups excluding carboxylic acids is 2. The van der Waals surface area contributed by atoms with Gasteiger partial charge in [-0.3, -0.25) is 24.4 Å². The topological polar surface area (TPSA) is 101 Å². The predicted octanol–water partition coefficient (Wildman–Crippen LogP) is 3.43. The van der Waals surface area contributed by atoms with Gasteiger partial charge in [0.1, 0.15) is 5.52 Å². The number of nitrogens with zero attached hydrogens (tertiary/aromatic N) is 3. The first-order chi connectivity index (χ1) is 15.1. The average Bonchev–Trinajstić information content (AvgIpc) is 3.42. The van der Waals surface area contributed by atoms with Crippen LogP contribution in [0.4, 0.5) is 0 Å². The first-order valence-electron chi connectivity index (χ1n) is 11.1. The van der Waals surface area contributed by atoms with Crippen molar-refractivity contribution in [3.05, 3.63) is 45.9 Å². The molecule has 8 nitrogen and oxygen atoms in total. The van der Waals surface area contributed by atoms with Gasteiger partial charge < -0.3 is 4.42 Å². The van der Waals surface area contributed by atoms with Crippen LogP contribution in [0.2, 0.25) is 0 Å². The van der Waals surface area contributed by atoms with E-state index >= 15 is 0 Å². The van der Waals surface area contributed by atoms with Gasteiger partial charge in [0.05, 0.1) is 11.5 Å². The summed E-state index contributed by atoms with van der Waals surface area (Å²) in [7, 11) is 0. The summed E-state index contributed by atoms with van der Waals surface area (Å²) in [6.07, 6.45) is 6.35. The Bertz CT molecular complexity index is 1160. The van der Waals surface area contributed by atoms with E-state index in [1.165, 1.54) is 9.58 Å². The normalized spacial score (nSPS) is 20.3. The van der Waals surface area contributed by atoms with E-state index in [0.29, 0.717) is 28.8 Å². The molecule has 1 aliphatic heterocycles. The second-order valence-electron chi connectivity index (χ2n) is 8.51. The molecule has 1 atom stereocenters. The maximum absolute atomic E-state index is 13.4. The number of aromatic amines is 1. The molecule has 1 saturated carbocycles. The zero-order valence-corrected chi connectivity index (χ0v) is 17.6. The molecule has 1 saturated heterocycles. The molecule has 1 aliphatic carbocycles. The predicted molar refractivity (Wildman–Crippen MR) is 114 cm³/mol. The number of amides is 2. The van der Waals surface area contributed by atoms with Gasteiger partial charge in [0.2, 0.25) is 11.8 Å². The van der Waals surface area contributed by atoms with Gasteiger partial charge in [-0.2, -0.15) is 9.67 Å². The van der Waals surface area contributed by atoms with E-state index in [2.05, 4.69) is 10.1 Å². The second kappa shape index (κ2) is 7.83. The fraction of sp³-hybridized carbons (Fsp3) is 0.478. The van der Waals surface area contributed by atoms with Crippen LogP contribution in [0.3, 0.4) is 0 Å². The molecule has 3 heterocycles. The number of para-hydroxylation sites is 2. The average molecular weight is 422 g/mol. The highest BCUT2D eigenvalue weighted by molar-refractivity contribution is 6.06. The third kappa shape index (κ3) is 3.30. The largest absolute Gasteiger partial charge is 0.422 e. The Balaban J connectivity index is 1.55. The lowest BCUT2D eigenvalue weighted by Gasteiger charge is -2.29. The van der Waals surface area contributed by atoms with Crippen LogP contribution >= 0.6 is 0 Å². The highest BCUT2D eigenvalue weighted by Gasteiger charge is 2.45. The monoisotopic (exact) mass is 422 g/mol. The Morgan fingerprint density at radius 1 is 1.13 bits per heavy atom. The number of hydrogen-bond acceptors (Lipinski definition) is 5. The molecule has 2 aliphatic rings.